The van der Waals surface area contributed by atoms with Crippen molar-refractivity contribution in [2.45, 2.75) is 6.92 Å². The number of nitrogens with zero attached hydrogens (tertiary/aromatic N) is 1. The Labute approximate surface area is 62.5 Å². The van der Waals surface area contributed by atoms with Crippen LogP contribution in [0.1, 0.15) is 6.92 Å². The van der Waals surface area contributed by atoms with E-state index in [-0.39, 0.29) is 0 Å². The quantitative estimate of drug-likeness (QED) is 0.319. The highest BCUT2D eigenvalue weighted by Crippen LogP contribution is 1.88. The Morgan fingerprint density at radius 2 is 1.80 bits per heavy atom. The number of rotatable bonds is 1. The summed E-state index contributed by atoms with van der Waals surface area (Å²) in [5, 5.41) is 3.31. The zero-order valence-corrected chi connectivity index (χ0v) is 6.64. The van der Waals surface area contributed by atoms with Crippen molar-refractivity contribution in [3.63, 3.8) is 0 Å². The van der Waals surface area contributed by atoms with Crippen LogP contribution in [0.2, 0.25) is 0 Å². The van der Waals surface area contributed by atoms with E-state index in [1.165, 1.54) is 32.7 Å². The first kappa shape index (κ1) is 9.84. The molecule has 4 heteroatoms. The summed E-state index contributed by atoms with van der Waals surface area (Å²) < 4.78 is 0. The summed E-state index contributed by atoms with van der Waals surface area (Å²) in [5.41, 5.74) is 0. The summed E-state index contributed by atoms with van der Waals surface area (Å²) in [6.45, 7) is 8.24. The van der Waals surface area contributed by atoms with Gasteiger partial charge in [0, 0.05) is 26.2 Å². The van der Waals surface area contributed by atoms with Gasteiger partial charge in [0.2, 0.25) is 0 Å². The molecule has 1 rings (SSSR count). The fraction of sp³-hybridized carbons (Fsp3) is 1.00. The fourth-order valence-corrected chi connectivity index (χ4v) is 1.03. The molecule has 0 bridgehead atoms. The maximum Gasteiger partial charge on any atom is 0.0107 e. The van der Waals surface area contributed by atoms with E-state index >= 15 is 0 Å². The third-order valence-electron chi connectivity index (χ3n) is 1.66. The van der Waals surface area contributed by atoms with E-state index in [9.17, 15) is 0 Å². The fourth-order valence-electron chi connectivity index (χ4n) is 1.03. The zero-order chi connectivity index (χ0) is 7.82. The molecule has 0 aromatic carbocycles. The average Bonchev–Trinajstić information content (AvgIpc) is 2.10. The topological polar surface area (TPSA) is 67.3 Å². The first-order valence-corrected chi connectivity index (χ1v) is 3.70. The van der Waals surface area contributed by atoms with Crippen LogP contribution in [0.15, 0.2) is 0 Å². The molecule has 5 N–H and O–H groups in total. The van der Waals surface area contributed by atoms with Gasteiger partial charge in [0.05, 0.1) is 0 Å². The lowest BCUT2D eigenvalue weighted by atomic mass is 10.4. The molecule has 62 valence electrons. The number of hydrogen-bond donors (Lipinski definition) is 3. The molecule has 1 saturated heterocycles. The van der Waals surface area contributed by atoms with Gasteiger partial charge in [0.25, 0.3) is 0 Å². The normalized spacial score (nSPS) is 19.5. The second-order valence-corrected chi connectivity index (χ2v) is 2.18. The molecule has 0 atom stereocenters. The van der Waals surface area contributed by atoms with Crippen molar-refractivity contribution >= 4 is 0 Å². The van der Waals surface area contributed by atoms with E-state index in [0.717, 1.165) is 0 Å². The van der Waals surface area contributed by atoms with Gasteiger partial charge in [-0.1, -0.05) is 6.92 Å². The van der Waals surface area contributed by atoms with E-state index in [1.54, 1.807) is 0 Å². The number of piperazine rings is 1. The maximum atomic E-state index is 4.00. The molecule has 0 radical (unpaired) electrons. The first-order valence-electron chi connectivity index (χ1n) is 3.70. The number of hydrogen-bond acceptors (Lipinski definition) is 4. The van der Waals surface area contributed by atoms with Gasteiger partial charge >= 0.3 is 0 Å². The Bertz CT molecular complexity index is 60.8. The largest absolute Gasteiger partial charge is 0.314 e. The van der Waals surface area contributed by atoms with Gasteiger partial charge in [-0.15, -0.1) is 0 Å². The van der Waals surface area contributed by atoms with Crippen LogP contribution in [-0.4, -0.2) is 37.6 Å². The van der Waals surface area contributed by atoms with Gasteiger partial charge in [0.1, 0.15) is 0 Å². The molecule has 1 aliphatic heterocycles. The molecular formula is C6H18N4. The summed E-state index contributed by atoms with van der Waals surface area (Å²) in [7, 11) is 0. The number of nitrogens with two attached hydrogens (primary N) is 2. The van der Waals surface area contributed by atoms with Gasteiger partial charge in [-0.05, 0) is 6.54 Å². The van der Waals surface area contributed by atoms with Crippen molar-refractivity contribution in [3.8, 4) is 0 Å². The molecular weight excluding hydrogens is 128 g/mol. The van der Waals surface area contributed by atoms with Crippen molar-refractivity contribution < 1.29 is 0 Å². The molecule has 0 unspecified atom stereocenters. The minimum absolute atomic E-state index is 1.17. The van der Waals surface area contributed by atoms with Crippen LogP contribution in [0.4, 0.5) is 0 Å². The van der Waals surface area contributed by atoms with Crippen LogP contribution in [0.5, 0.6) is 0 Å². The van der Waals surface area contributed by atoms with Crippen LogP contribution >= 0.6 is 0 Å². The molecule has 10 heavy (non-hydrogen) atoms. The Hall–Kier alpha value is -0.160. The molecule has 4 nitrogen and oxygen atoms in total. The van der Waals surface area contributed by atoms with Crippen LogP contribution in [0.3, 0.4) is 0 Å². The minimum atomic E-state index is 1.17. The molecule has 1 heterocycles. The lowest BCUT2D eigenvalue weighted by Gasteiger charge is -2.25. The van der Waals surface area contributed by atoms with Gasteiger partial charge in [-0.2, -0.15) is 0 Å². The third kappa shape index (κ3) is 3.79. The molecule has 1 aliphatic rings. The number of hydrazine groups is 1. The molecule has 0 saturated carbocycles. The summed E-state index contributed by atoms with van der Waals surface area (Å²) >= 11 is 0. The summed E-state index contributed by atoms with van der Waals surface area (Å²) in [5.74, 6) is 8.00. The molecule has 0 spiro atoms. The van der Waals surface area contributed by atoms with Gasteiger partial charge in [-0.25, -0.2) is 0 Å². The van der Waals surface area contributed by atoms with E-state index in [0.29, 0.717) is 0 Å². The maximum absolute atomic E-state index is 4.00. The Morgan fingerprint density at radius 3 is 2.10 bits per heavy atom. The smallest absolute Gasteiger partial charge is 0.0107 e. The van der Waals surface area contributed by atoms with Crippen molar-refractivity contribution in [2.24, 2.45) is 11.7 Å². The van der Waals surface area contributed by atoms with Gasteiger partial charge in [0.15, 0.2) is 0 Å². The van der Waals surface area contributed by atoms with Crippen LogP contribution in [0.25, 0.3) is 0 Å². The molecule has 0 aromatic rings. The van der Waals surface area contributed by atoms with Gasteiger partial charge < -0.3 is 10.2 Å². The third-order valence-corrected chi connectivity index (χ3v) is 1.66. The standard InChI is InChI=1S/C6H14N2.H4N2/c1-2-8-5-3-7-4-6-8;1-2/h7H,2-6H2,1H3;1-2H2. The summed E-state index contributed by atoms with van der Waals surface area (Å²) in [4.78, 5) is 2.45. The van der Waals surface area contributed by atoms with Crippen molar-refractivity contribution in [3.05, 3.63) is 0 Å². The molecule has 0 aliphatic carbocycles. The predicted molar refractivity (Wildman–Crippen MR) is 43.4 cm³/mol. The number of likely N-dealkylation sites (N-methyl/N-ethyl adjacent to an activating group) is 1. The number of nitrogens with one attached hydrogen (secondary N) is 1. The van der Waals surface area contributed by atoms with Crippen LogP contribution in [0, 0.1) is 0 Å². The zero-order valence-electron chi connectivity index (χ0n) is 6.64. The summed E-state index contributed by atoms with van der Waals surface area (Å²) in [6, 6.07) is 0. The van der Waals surface area contributed by atoms with Gasteiger partial charge in [-0.3, -0.25) is 11.7 Å². The Morgan fingerprint density at radius 1 is 1.30 bits per heavy atom. The lowest BCUT2D eigenvalue weighted by Crippen LogP contribution is -2.43. The van der Waals surface area contributed by atoms with Crippen molar-refractivity contribution in [2.75, 3.05) is 32.7 Å². The second-order valence-electron chi connectivity index (χ2n) is 2.18. The monoisotopic (exact) mass is 146 g/mol. The van der Waals surface area contributed by atoms with Crippen molar-refractivity contribution in [1.82, 2.24) is 10.2 Å². The van der Waals surface area contributed by atoms with Crippen molar-refractivity contribution in [1.29, 1.82) is 0 Å². The molecule has 0 amide bonds. The Kier molecular flexibility index (Phi) is 6.84. The highest BCUT2D eigenvalue weighted by Gasteiger charge is 2.04. The first-order chi connectivity index (χ1) is 4.93. The van der Waals surface area contributed by atoms with E-state index in [1.807, 2.05) is 0 Å². The SMILES string of the molecule is CCN1CCNCC1.NN. The van der Waals surface area contributed by atoms with E-state index in [2.05, 4.69) is 28.8 Å². The lowest BCUT2D eigenvalue weighted by molar-refractivity contribution is 0.253. The van der Waals surface area contributed by atoms with E-state index < -0.39 is 0 Å². The van der Waals surface area contributed by atoms with E-state index in [4.69, 9.17) is 0 Å². The summed E-state index contributed by atoms with van der Waals surface area (Å²) in [6.07, 6.45) is 0. The minimum Gasteiger partial charge on any atom is -0.314 e. The highest BCUT2D eigenvalue weighted by molar-refractivity contribution is 4.64. The van der Waals surface area contributed by atoms with Crippen LogP contribution in [-0.2, 0) is 0 Å². The molecule has 1 fully saturated rings. The van der Waals surface area contributed by atoms with Crippen LogP contribution < -0.4 is 17.0 Å². The molecule has 0 aromatic heterocycles. The average molecular weight is 146 g/mol. The highest BCUT2D eigenvalue weighted by atomic mass is 15.2. The second kappa shape index (κ2) is 6.95. The Balaban J connectivity index is 0.000000371. The predicted octanol–water partition coefficient (Wildman–Crippen LogP) is -1.27.